The Balaban J connectivity index is 1.84. The van der Waals surface area contributed by atoms with Crippen LogP contribution >= 0.6 is 0 Å². The zero-order valence-corrected chi connectivity index (χ0v) is 18.6. The van der Waals surface area contributed by atoms with Crippen molar-refractivity contribution in [1.29, 1.82) is 0 Å². The maximum Gasteiger partial charge on any atom is 0.333 e. The largest absolute Gasteiger partial charge is 0.388 e. The number of carbonyl (C=O) groups excluding carboxylic acids is 1. The van der Waals surface area contributed by atoms with Gasteiger partial charge in [0.25, 0.3) is 5.56 Å². The molecule has 9 heteroatoms. The van der Waals surface area contributed by atoms with E-state index in [4.69, 9.17) is 0 Å². The quantitative estimate of drug-likeness (QED) is 0.575. The van der Waals surface area contributed by atoms with Crippen LogP contribution < -0.4 is 16.1 Å². The summed E-state index contributed by atoms with van der Waals surface area (Å²) in [7, 11) is 0. The Hall–Kier alpha value is -3.20. The number of benzene rings is 1. The van der Waals surface area contributed by atoms with Crippen molar-refractivity contribution in [2.75, 3.05) is 11.4 Å². The number of anilines is 1. The topological polar surface area (TPSA) is 102 Å². The fourth-order valence-electron chi connectivity index (χ4n) is 4.40. The second kappa shape index (κ2) is 9.12. The third-order valence-corrected chi connectivity index (χ3v) is 6.00. The summed E-state index contributed by atoms with van der Waals surface area (Å²) in [6.07, 6.45) is 3.07. The van der Waals surface area contributed by atoms with E-state index in [0.717, 1.165) is 41.5 Å². The molecule has 1 N–H and O–H groups in total. The number of amides is 1. The number of unbranched alkanes of at least 4 members (excludes halogenated alkanes) is 1. The lowest BCUT2D eigenvalue weighted by molar-refractivity contribution is -0.119. The minimum Gasteiger partial charge on any atom is -0.388 e. The second-order valence-electron chi connectivity index (χ2n) is 8.11. The highest BCUT2D eigenvalue weighted by Gasteiger charge is 2.27. The molecule has 0 saturated heterocycles. The first-order valence-electron chi connectivity index (χ1n) is 11.2. The maximum absolute atomic E-state index is 13.4. The number of hydrogen-bond acceptors (Lipinski definition) is 5. The number of fused-ring (bicyclic) bond motifs is 2. The number of aliphatic hydroxyl groups is 1. The van der Waals surface area contributed by atoms with E-state index in [1.165, 1.54) is 4.57 Å². The highest BCUT2D eigenvalue weighted by Crippen LogP contribution is 2.27. The van der Waals surface area contributed by atoms with Gasteiger partial charge in [-0.05, 0) is 30.9 Å². The van der Waals surface area contributed by atoms with Gasteiger partial charge in [0, 0.05) is 25.3 Å². The maximum atomic E-state index is 13.4. The molecule has 0 saturated carbocycles. The van der Waals surface area contributed by atoms with Gasteiger partial charge in [0.05, 0.1) is 0 Å². The molecule has 170 valence electrons. The summed E-state index contributed by atoms with van der Waals surface area (Å²) in [5, 5.41) is 9.78. The smallest absolute Gasteiger partial charge is 0.333 e. The Morgan fingerprint density at radius 3 is 2.56 bits per heavy atom. The number of aliphatic hydroxyl groups excluding tert-OH is 1. The van der Waals surface area contributed by atoms with Crippen LogP contribution in [0.15, 0.2) is 33.9 Å². The monoisotopic (exact) mass is 439 g/mol. The van der Waals surface area contributed by atoms with E-state index in [2.05, 4.69) is 4.98 Å². The van der Waals surface area contributed by atoms with Crippen LogP contribution in [0.2, 0.25) is 0 Å². The third kappa shape index (κ3) is 3.66. The highest BCUT2D eigenvalue weighted by molar-refractivity contribution is 5.95. The van der Waals surface area contributed by atoms with Gasteiger partial charge in [-0.25, -0.2) is 14.3 Å². The van der Waals surface area contributed by atoms with E-state index in [9.17, 15) is 19.5 Å². The summed E-state index contributed by atoms with van der Waals surface area (Å²) in [5.74, 6) is 0.0561. The van der Waals surface area contributed by atoms with Crippen molar-refractivity contribution >= 4 is 22.8 Å². The molecule has 32 heavy (non-hydrogen) atoms. The van der Waals surface area contributed by atoms with Crippen molar-refractivity contribution in [2.45, 2.75) is 65.8 Å². The van der Waals surface area contributed by atoms with Gasteiger partial charge in [0.15, 0.2) is 11.2 Å². The lowest BCUT2D eigenvalue weighted by atomic mass is 10.2. The van der Waals surface area contributed by atoms with E-state index in [0.29, 0.717) is 25.5 Å². The molecule has 0 fully saturated rings. The minimum absolute atomic E-state index is 0.265. The van der Waals surface area contributed by atoms with Gasteiger partial charge in [-0.15, -0.1) is 0 Å². The number of hydrogen-bond donors (Lipinski definition) is 1. The molecule has 0 aliphatic carbocycles. The van der Waals surface area contributed by atoms with Crippen molar-refractivity contribution in [2.24, 2.45) is 0 Å². The number of carbonyl (C=O) groups is 1. The average molecular weight is 440 g/mol. The van der Waals surface area contributed by atoms with Crippen molar-refractivity contribution in [3.05, 3.63) is 56.5 Å². The number of aryl methyl sites for hydroxylation is 2. The number of aromatic nitrogens is 4. The van der Waals surface area contributed by atoms with E-state index >= 15 is 0 Å². The van der Waals surface area contributed by atoms with Gasteiger partial charge in [-0.1, -0.05) is 38.5 Å². The first-order valence-corrected chi connectivity index (χ1v) is 11.2. The molecule has 0 radical (unpaired) electrons. The number of rotatable bonds is 8. The van der Waals surface area contributed by atoms with Gasteiger partial charge >= 0.3 is 5.69 Å². The first-order chi connectivity index (χ1) is 15.5. The lowest BCUT2D eigenvalue weighted by Gasteiger charge is -2.18. The predicted octanol–water partition coefficient (Wildman–Crippen LogP) is 1.65. The molecule has 1 amide bonds. The van der Waals surface area contributed by atoms with Gasteiger partial charge in [0.2, 0.25) is 5.91 Å². The number of para-hydroxylation sites is 1. The fourth-order valence-corrected chi connectivity index (χ4v) is 4.40. The molecule has 0 bridgehead atoms. The predicted molar refractivity (Wildman–Crippen MR) is 122 cm³/mol. The molecule has 1 aliphatic heterocycles. The molecule has 3 aromatic rings. The Morgan fingerprint density at radius 2 is 1.84 bits per heavy atom. The van der Waals surface area contributed by atoms with Gasteiger partial charge < -0.3 is 14.6 Å². The molecule has 0 unspecified atom stereocenters. The molecule has 0 spiro atoms. The Labute approximate surface area is 185 Å². The zero-order chi connectivity index (χ0) is 22.8. The van der Waals surface area contributed by atoms with E-state index < -0.39 is 11.2 Å². The van der Waals surface area contributed by atoms with Crippen LogP contribution in [0.5, 0.6) is 0 Å². The van der Waals surface area contributed by atoms with Crippen molar-refractivity contribution in [3.8, 4) is 0 Å². The third-order valence-electron chi connectivity index (χ3n) is 6.00. The molecular formula is C23H29N5O4. The van der Waals surface area contributed by atoms with Crippen LogP contribution in [0.4, 0.5) is 5.69 Å². The van der Waals surface area contributed by atoms with Gasteiger partial charge in [-0.3, -0.25) is 14.2 Å². The van der Waals surface area contributed by atoms with Gasteiger partial charge in [-0.2, -0.15) is 0 Å². The molecule has 1 aliphatic rings. The summed E-state index contributed by atoms with van der Waals surface area (Å²) in [5.41, 5.74) is 1.37. The van der Waals surface area contributed by atoms with Crippen LogP contribution in [0.25, 0.3) is 11.2 Å². The standard InChI is InChI=1S/C23H29N5O4/c1-3-5-12-27-21-20(26(11-4-2)18(15-29)24-21)22(31)28(23(27)32)14-19(30)25-13-10-16-8-6-7-9-17(16)25/h6-9,29H,3-5,10-15H2,1-2H3. The summed E-state index contributed by atoms with van der Waals surface area (Å²) in [4.78, 5) is 46.0. The van der Waals surface area contributed by atoms with Crippen LogP contribution in [-0.4, -0.2) is 36.2 Å². The number of imidazole rings is 1. The molecule has 9 nitrogen and oxygen atoms in total. The van der Waals surface area contributed by atoms with E-state index in [1.54, 1.807) is 9.47 Å². The molecule has 4 rings (SSSR count). The summed E-state index contributed by atoms with van der Waals surface area (Å²) in [6.45, 7) is 4.72. The van der Waals surface area contributed by atoms with Crippen molar-refractivity contribution in [1.82, 2.24) is 18.7 Å². The second-order valence-corrected chi connectivity index (χ2v) is 8.11. The Morgan fingerprint density at radius 1 is 1.06 bits per heavy atom. The van der Waals surface area contributed by atoms with Crippen molar-refractivity contribution in [3.63, 3.8) is 0 Å². The zero-order valence-electron chi connectivity index (χ0n) is 18.6. The van der Waals surface area contributed by atoms with Gasteiger partial charge in [0.1, 0.15) is 19.0 Å². The van der Waals surface area contributed by atoms with Crippen LogP contribution in [0.1, 0.15) is 44.5 Å². The van der Waals surface area contributed by atoms with Crippen LogP contribution in [0, 0.1) is 0 Å². The summed E-state index contributed by atoms with van der Waals surface area (Å²) < 4.78 is 4.17. The fraction of sp³-hybridized carbons (Fsp3) is 0.478. The summed E-state index contributed by atoms with van der Waals surface area (Å²) in [6, 6.07) is 7.68. The van der Waals surface area contributed by atoms with E-state index in [1.807, 2.05) is 38.1 Å². The molecule has 2 aromatic heterocycles. The normalized spacial score (nSPS) is 13.2. The Bertz CT molecular complexity index is 1270. The summed E-state index contributed by atoms with van der Waals surface area (Å²) >= 11 is 0. The van der Waals surface area contributed by atoms with Crippen LogP contribution in [-0.2, 0) is 37.5 Å². The van der Waals surface area contributed by atoms with E-state index in [-0.39, 0.29) is 30.2 Å². The molecule has 3 heterocycles. The van der Waals surface area contributed by atoms with Crippen LogP contribution in [0.3, 0.4) is 0 Å². The highest BCUT2D eigenvalue weighted by atomic mass is 16.3. The first kappa shape index (κ1) is 22.0. The minimum atomic E-state index is -0.542. The Kier molecular flexibility index (Phi) is 6.27. The number of nitrogens with zero attached hydrogens (tertiary/aromatic N) is 5. The lowest BCUT2D eigenvalue weighted by Crippen LogP contribution is -2.45. The SMILES string of the molecule is CCCCn1c(=O)n(CC(=O)N2CCc3ccccc32)c(=O)c2c1nc(CO)n2CCC. The average Bonchev–Trinajstić information content (AvgIpc) is 3.39. The molecule has 1 aromatic carbocycles. The molecular weight excluding hydrogens is 410 g/mol. The molecule has 0 atom stereocenters. The van der Waals surface area contributed by atoms with Crippen molar-refractivity contribution < 1.29 is 9.90 Å².